The van der Waals surface area contributed by atoms with Crippen molar-refractivity contribution in [3.8, 4) is 0 Å². The first-order valence-electron chi connectivity index (χ1n) is 6.11. The molecule has 0 aliphatic rings. The van der Waals surface area contributed by atoms with Crippen molar-refractivity contribution in [1.29, 1.82) is 0 Å². The largest absolute Gasteiger partial charge is 0.369 e. The SMILES string of the molecule is Cc1cccc2nc(N)n(Cc3ccccc3F)c12. The van der Waals surface area contributed by atoms with Gasteiger partial charge < -0.3 is 10.3 Å². The van der Waals surface area contributed by atoms with Gasteiger partial charge in [0.05, 0.1) is 17.6 Å². The molecular formula is C15H14FN3. The van der Waals surface area contributed by atoms with Crippen molar-refractivity contribution in [2.45, 2.75) is 13.5 Å². The number of nitrogen functional groups attached to an aromatic ring is 1. The fraction of sp³-hybridized carbons (Fsp3) is 0.133. The number of nitrogens with zero attached hydrogens (tertiary/aromatic N) is 2. The molecule has 0 atom stereocenters. The highest BCUT2D eigenvalue weighted by Gasteiger charge is 2.11. The van der Waals surface area contributed by atoms with E-state index in [1.807, 2.05) is 35.8 Å². The van der Waals surface area contributed by atoms with Crippen molar-refractivity contribution in [2.75, 3.05) is 5.73 Å². The van der Waals surface area contributed by atoms with E-state index < -0.39 is 0 Å². The summed E-state index contributed by atoms with van der Waals surface area (Å²) in [6.07, 6.45) is 0. The lowest BCUT2D eigenvalue weighted by Crippen LogP contribution is -2.06. The number of nitrogens with two attached hydrogens (primary N) is 1. The Hall–Kier alpha value is -2.36. The van der Waals surface area contributed by atoms with E-state index in [9.17, 15) is 4.39 Å². The van der Waals surface area contributed by atoms with Gasteiger partial charge in [0.15, 0.2) is 0 Å². The Morgan fingerprint density at radius 1 is 1.16 bits per heavy atom. The van der Waals surface area contributed by atoms with Crippen molar-refractivity contribution in [2.24, 2.45) is 0 Å². The van der Waals surface area contributed by atoms with Crippen LogP contribution >= 0.6 is 0 Å². The molecule has 3 nitrogen and oxygen atoms in total. The molecule has 19 heavy (non-hydrogen) atoms. The van der Waals surface area contributed by atoms with Gasteiger partial charge in [0.1, 0.15) is 5.82 Å². The number of benzene rings is 2. The number of aryl methyl sites for hydroxylation is 1. The van der Waals surface area contributed by atoms with Gasteiger partial charge in [0.2, 0.25) is 5.95 Å². The van der Waals surface area contributed by atoms with E-state index in [0.29, 0.717) is 18.1 Å². The van der Waals surface area contributed by atoms with E-state index >= 15 is 0 Å². The molecule has 0 aliphatic heterocycles. The topological polar surface area (TPSA) is 43.8 Å². The summed E-state index contributed by atoms with van der Waals surface area (Å²) in [5.41, 5.74) is 9.44. The van der Waals surface area contributed by atoms with Crippen LogP contribution in [-0.2, 0) is 6.54 Å². The molecule has 1 heterocycles. The smallest absolute Gasteiger partial charge is 0.201 e. The zero-order valence-electron chi connectivity index (χ0n) is 10.6. The third-order valence-corrected chi connectivity index (χ3v) is 3.28. The van der Waals surface area contributed by atoms with Gasteiger partial charge in [-0.25, -0.2) is 9.37 Å². The first-order valence-corrected chi connectivity index (χ1v) is 6.11. The van der Waals surface area contributed by atoms with Crippen LogP contribution in [0, 0.1) is 12.7 Å². The van der Waals surface area contributed by atoms with Crippen LogP contribution in [0.15, 0.2) is 42.5 Å². The van der Waals surface area contributed by atoms with Crippen LogP contribution in [0.3, 0.4) is 0 Å². The van der Waals surface area contributed by atoms with Gasteiger partial charge in [-0.2, -0.15) is 0 Å². The number of aromatic nitrogens is 2. The normalized spacial score (nSPS) is 11.1. The first kappa shape index (κ1) is 11.7. The average molecular weight is 255 g/mol. The summed E-state index contributed by atoms with van der Waals surface area (Å²) < 4.78 is 15.6. The number of rotatable bonds is 2. The Morgan fingerprint density at radius 2 is 1.95 bits per heavy atom. The third-order valence-electron chi connectivity index (χ3n) is 3.28. The summed E-state index contributed by atoms with van der Waals surface area (Å²) in [6, 6.07) is 12.6. The highest BCUT2D eigenvalue weighted by Crippen LogP contribution is 2.23. The van der Waals surface area contributed by atoms with Crippen molar-refractivity contribution < 1.29 is 4.39 Å². The summed E-state index contributed by atoms with van der Waals surface area (Å²) in [4.78, 5) is 4.32. The molecule has 3 aromatic rings. The lowest BCUT2D eigenvalue weighted by molar-refractivity contribution is 0.602. The van der Waals surface area contributed by atoms with E-state index in [4.69, 9.17) is 5.73 Å². The molecule has 0 fully saturated rings. The molecular weight excluding hydrogens is 241 g/mol. The lowest BCUT2D eigenvalue weighted by Gasteiger charge is -2.09. The number of halogens is 1. The third kappa shape index (κ3) is 1.95. The second kappa shape index (κ2) is 4.39. The Bertz CT molecular complexity index is 746. The highest BCUT2D eigenvalue weighted by molar-refractivity contribution is 5.81. The number of hydrogen-bond donors (Lipinski definition) is 1. The van der Waals surface area contributed by atoms with Crippen molar-refractivity contribution in [1.82, 2.24) is 9.55 Å². The quantitative estimate of drug-likeness (QED) is 0.764. The Morgan fingerprint density at radius 3 is 2.74 bits per heavy atom. The van der Waals surface area contributed by atoms with Crippen molar-refractivity contribution >= 4 is 17.0 Å². The number of imidazole rings is 1. The minimum atomic E-state index is -0.225. The molecule has 0 saturated carbocycles. The molecule has 0 amide bonds. The van der Waals surface area contributed by atoms with Gasteiger partial charge >= 0.3 is 0 Å². The summed E-state index contributed by atoms with van der Waals surface area (Å²) in [5.74, 6) is 0.185. The number of para-hydroxylation sites is 1. The van der Waals surface area contributed by atoms with Crippen LogP contribution in [0.5, 0.6) is 0 Å². The molecule has 1 aromatic heterocycles. The standard InChI is InChI=1S/C15H14FN3/c1-10-5-4-8-13-14(10)19(15(17)18-13)9-11-6-2-3-7-12(11)16/h2-8H,9H2,1H3,(H2,17,18). The molecule has 0 unspecified atom stereocenters. The second-order valence-corrected chi connectivity index (χ2v) is 4.59. The molecule has 0 aliphatic carbocycles. The molecule has 2 N–H and O–H groups in total. The monoisotopic (exact) mass is 255 g/mol. The van der Waals surface area contributed by atoms with Gasteiger partial charge in [0.25, 0.3) is 0 Å². The molecule has 0 saturated heterocycles. The lowest BCUT2D eigenvalue weighted by atomic mass is 10.2. The van der Waals surface area contributed by atoms with Crippen LogP contribution in [0.1, 0.15) is 11.1 Å². The molecule has 4 heteroatoms. The highest BCUT2D eigenvalue weighted by atomic mass is 19.1. The van der Waals surface area contributed by atoms with Gasteiger partial charge in [-0.05, 0) is 24.6 Å². The maximum Gasteiger partial charge on any atom is 0.201 e. The summed E-state index contributed by atoms with van der Waals surface area (Å²) in [7, 11) is 0. The Labute approximate surface area is 110 Å². The molecule has 2 aromatic carbocycles. The van der Waals surface area contributed by atoms with E-state index in [-0.39, 0.29) is 5.82 Å². The number of fused-ring (bicyclic) bond motifs is 1. The van der Waals surface area contributed by atoms with Crippen LogP contribution in [0.4, 0.5) is 10.3 Å². The van der Waals surface area contributed by atoms with Gasteiger partial charge in [-0.3, -0.25) is 0 Å². The molecule has 0 bridgehead atoms. The maximum atomic E-state index is 13.7. The molecule has 0 radical (unpaired) electrons. The first-order chi connectivity index (χ1) is 9.16. The van der Waals surface area contributed by atoms with Crippen LogP contribution < -0.4 is 5.73 Å². The second-order valence-electron chi connectivity index (χ2n) is 4.59. The van der Waals surface area contributed by atoms with Crippen molar-refractivity contribution in [3.63, 3.8) is 0 Å². The van der Waals surface area contributed by atoms with Crippen molar-refractivity contribution in [3.05, 3.63) is 59.4 Å². The fourth-order valence-electron chi connectivity index (χ4n) is 2.34. The Balaban J connectivity index is 2.16. The number of anilines is 1. The van der Waals surface area contributed by atoms with E-state index in [0.717, 1.165) is 16.6 Å². The van der Waals surface area contributed by atoms with Gasteiger partial charge in [-0.1, -0.05) is 30.3 Å². The number of hydrogen-bond acceptors (Lipinski definition) is 2. The minimum absolute atomic E-state index is 0.225. The fourth-order valence-corrected chi connectivity index (χ4v) is 2.34. The Kier molecular flexibility index (Phi) is 2.71. The van der Waals surface area contributed by atoms with Crippen LogP contribution in [-0.4, -0.2) is 9.55 Å². The molecule has 96 valence electrons. The van der Waals surface area contributed by atoms with Gasteiger partial charge in [-0.15, -0.1) is 0 Å². The maximum absolute atomic E-state index is 13.7. The zero-order chi connectivity index (χ0) is 13.4. The molecule has 3 rings (SSSR count). The van der Waals surface area contributed by atoms with Crippen LogP contribution in [0.2, 0.25) is 0 Å². The summed E-state index contributed by atoms with van der Waals surface area (Å²) in [6.45, 7) is 2.39. The predicted octanol–water partition coefficient (Wildman–Crippen LogP) is 3.11. The minimum Gasteiger partial charge on any atom is -0.369 e. The van der Waals surface area contributed by atoms with Crippen LogP contribution in [0.25, 0.3) is 11.0 Å². The van der Waals surface area contributed by atoms with E-state index in [1.54, 1.807) is 12.1 Å². The predicted molar refractivity (Wildman–Crippen MR) is 74.4 cm³/mol. The molecule has 0 spiro atoms. The zero-order valence-corrected chi connectivity index (χ0v) is 10.6. The van der Waals surface area contributed by atoms with Gasteiger partial charge in [0, 0.05) is 5.56 Å². The summed E-state index contributed by atoms with van der Waals surface area (Å²) in [5, 5.41) is 0. The van der Waals surface area contributed by atoms with E-state index in [2.05, 4.69) is 4.98 Å². The average Bonchev–Trinajstić information content (AvgIpc) is 2.70. The van der Waals surface area contributed by atoms with E-state index in [1.165, 1.54) is 6.07 Å². The summed E-state index contributed by atoms with van der Waals surface area (Å²) >= 11 is 0.